The predicted molar refractivity (Wildman–Crippen MR) is 128 cm³/mol. The Morgan fingerprint density at radius 2 is 1.79 bits per heavy atom. The Balaban J connectivity index is 1.52. The minimum Gasteiger partial charge on any atom is -0.486 e. The zero-order valence-electron chi connectivity index (χ0n) is 19.5. The Kier molecular flexibility index (Phi) is 6.81. The van der Waals surface area contributed by atoms with Crippen molar-refractivity contribution in [1.82, 2.24) is 4.72 Å². The third-order valence-electron chi connectivity index (χ3n) is 5.77. The van der Waals surface area contributed by atoms with Crippen molar-refractivity contribution in [2.24, 2.45) is 5.92 Å². The van der Waals surface area contributed by atoms with E-state index in [1.807, 2.05) is 13.8 Å². The van der Waals surface area contributed by atoms with Gasteiger partial charge in [-0.25, -0.2) is 8.42 Å². The molecule has 2 heterocycles. The number of nitrogens with one attached hydrogen (secondary N) is 2. The van der Waals surface area contributed by atoms with E-state index in [4.69, 9.17) is 9.47 Å². The Morgan fingerprint density at radius 1 is 1.06 bits per heavy atom. The molecule has 0 unspecified atom stereocenters. The van der Waals surface area contributed by atoms with Gasteiger partial charge in [0.1, 0.15) is 19.3 Å². The van der Waals surface area contributed by atoms with Crippen LogP contribution in [0.5, 0.6) is 11.5 Å². The molecule has 4 rings (SSSR count). The fraction of sp³-hybridized carbons (Fsp3) is 0.417. The molecular weight excluding hydrogens is 458 g/mol. The smallest absolute Gasteiger partial charge is 0.242 e. The van der Waals surface area contributed by atoms with Gasteiger partial charge in [-0.2, -0.15) is 4.72 Å². The Hall–Kier alpha value is -3.11. The van der Waals surface area contributed by atoms with E-state index in [0.717, 1.165) is 11.3 Å². The molecule has 0 aliphatic carbocycles. The molecule has 2 aromatic carbocycles. The maximum absolute atomic E-state index is 13.2. The van der Waals surface area contributed by atoms with Crippen LogP contribution in [-0.2, 0) is 26.0 Å². The lowest BCUT2D eigenvalue weighted by Crippen LogP contribution is -2.44. The fourth-order valence-corrected chi connectivity index (χ4v) is 5.42. The first kappa shape index (κ1) is 24.0. The molecule has 34 heavy (non-hydrogen) atoms. The van der Waals surface area contributed by atoms with E-state index in [1.165, 1.54) is 13.0 Å². The lowest BCUT2D eigenvalue weighted by Gasteiger charge is -2.22. The van der Waals surface area contributed by atoms with Gasteiger partial charge in [-0.15, -0.1) is 0 Å². The van der Waals surface area contributed by atoms with E-state index >= 15 is 0 Å². The highest BCUT2D eigenvalue weighted by atomic mass is 32.2. The summed E-state index contributed by atoms with van der Waals surface area (Å²) in [5, 5.41) is 2.79. The van der Waals surface area contributed by atoms with Gasteiger partial charge in [-0.1, -0.05) is 13.8 Å². The molecule has 0 fully saturated rings. The van der Waals surface area contributed by atoms with Crippen LogP contribution in [0.3, 0.4) is 0 Å². The van der Waals surface area contributed by atoms with Crippen molar-refractivity contribution in [1.29, 1.82) is 0 Å². The summed E-state index contributed by atoms with van der Waals surface area (Å²) in [6.45, 7) is 6.74. The molecule has 2 amide bonds. The van der Waals surface area contributed by atoms with E-state index in [-0.39, 0.29) is 16.7 Å². The number of rotatable bonds is 7. The zero-order chi connectivity index (χ0) is 24.5. The summed E-state index contributed by atoms with van der Waals surface area (Å²) >= 11 is 0. The van der Waals surface area contributed by atoms with Crippen LogP contribution in [0.2, 0.25) is 0 Å². The molecular formula is C24H29N3O6S. The average Bonchev–Trinajstić information content (AvgIpc) is 3.22. The second kappa shape index (κ2) is 9.63. The maximum Gasteiger partial charge on any atom is 0.242 e. The molecule has 0 aromatic heterocycles. The first-order valence-corrected chi connectivity index (χ1v) is 12.8. The van der Waals surface area contributed by atoms with Crippen molar-refractivity contribution < 1.29 is 27.5 Å². The van der Waals surface area contributed by atoms with Crippen LogP contribution in [0.1, 0.15) is 32.8 Å². The van der Waals surface area contributed by atoms with Crippen molar-refractivity contribution in [2.45, 2.75) is 44.6 Å². The number of anilines is 2. The zero-order valence-corrected chi connectivity index (χ0v) is 20.3. The van der Waals surface area contributed by atoms with Gasteiger partial charge in [0, 0.05) is 30.9 Å². The second-order valence-corrected chi connectivity index (χ2v) is 10.6. The van der Waals surface area contributed by atoms with Crippen LogP contribution in [0, 0.1) is 5.92 Å². The summed E-state index contributed by atoms with van der Waals surface area (Å²) in [4.78, 5) is 26.5. The largest absolute Gasteiger partial charge is 0.486 e. The third-order valence-corrected chi connectivity index (χ3v) is 7.24. The minimum atomic E-state index is -3.98. The van der Waals surface area contributed by atoms with E-state index in [2.05, 4.69) is 10.0 Å². The molecule has 2 aliphatic rings. The maximum atomic E-state index is 13.2. The molecule has 0 saturated heterocycles. The lowest BCUT2D eigenvalue weighted by atomic mass is 10.0. The molecule has 9 nitrogen and oxygen atoms in total. The summed E-state index contributed by atoms with van der Waals surface area (Å²) in [7, 11) is -3.98. The van der Waals surface area contributed by atoms with Gasteiger partial charge in [0.15, 0.2) is 11.5 Å². The van der Waals surface area contributed by atoms with Gasteiger partial charge >= 0.3 is 0 Å². The minimum absolute atomic E-state index is 0.0672. The number of amides is 2. The van der Waals surface area contributed by atoms with Gasteiger partial charge in [0.25, 0.3) is 0 Å². The van der Waals surface area contributed by atoms with E-state index < -0.39 is 22.0 Å². The summed E-state index contributed by atoms with van der Waals surface area (Å²) in [5.41, 5.74) is 2.00. The predicted octanol–water partition coefficient (Wildman–Crippen LogP) is 2.70. The van der Waals surface area contributed by atoms with E-state index in [0.29, 0.717) is 49.8 Å². The third kappa shape index (κ3) is 5.18. The van der Waals surface area contributed by atoms with Crippen LogP contribution in [0.15, 0.2) is 41.3 Å². The van der Waals surface area contributed by atoms with Crippen molar-refractivity contribution >= 4 is 33.2 Å². The number of nitrogens with zero attached hydrogens (tertiary/aromatic N) is 1. The Labute approximate surface area is 199 Å². The van der Waals surface area contributed by atoms with Crippen LogP contribution in [-0.4, -0.2) is 46.0 Å². The quantitative estimate of drug-likeness (QED) is 0.621. The number of sulfonamides is 1. The number of fused-ring (bicyclic) bond motifs is 2. The van der Waals surface area contributed by atoms with Crippen LogP contribution < -0.4 is 24.4 Å². The lowest BCUT2D eigenvalue weighted by molar-refractivity contribution is -0.118. The van der Waals surface area contributed by atoms with Crippen molar-refractivity contribution in [2.75, 3.05) is 30.0 Å². The number of hydrogen-bond donors (Lipinski definition) is 2. The number of hydrogen-bond acceptors (Lipinski definition) is 6. The highest BCUT2D eigenvalue weighted by Crippen LogP contribution is 2.33. The average molecular weight is 488 g/mol. The summed E-state index contributed by atoms with van der Waals surface area (Å²) in [6.07, 6.45) is 0.900. The highest BCUT2D eigenvalue weighted by Gasteiger charge is 2.29. The molecule has 0 radical (unpaired) electrons. The standard InChI is InChI=1S/C24H29N3O6S/c1-15(2)12-20(24(29)25-18-4-7-22-23(14-18)33-11-10-32-22)26-34(30,31)19-5-6-21-17(13-19)8-9-27(21)16(3)28/h4-7,13-15,20,26H,8-12H2,1-3H3,(H,25,29)/t20-/m0/s1. The normalized spacial score (nSPS) is 15.7. The first-order valence-electron chi connectivity index (χ1n) is 11.3. The van der Waals surface area contributed by atoms with Crippen molar-refractivity contribution in [3.05, 3.63) is 42.0 Å². The van der Waals surface area contributed by atoms with Crippen LogP contribution >= 0.6 is 0 Å². The van der Waals surface area contributed by atoms with Gasteiger partial charge < -0.3 is 19.7 Å². The molecule has 2 aromatic rings. The number of carbonyl (C=O) groups is 2. The molecule has 0 bridgehead atoms. The molecule has 182 valence electrons. The monoisotopic (exact) mass is 487 g/mol. The fourth-order valence-electron chi connectivity index (χ4n) is 4.16. The highest BCUT2D eigenvalue weighted by molar-refractivity contribution is 7.89. The molecule has 0 saturated carbocycles. The van der Waals surface area contributed by atoms with Gasteiger partial charge in [0.05, 0.1) is 4.90 Å². The Morgan fingerprint density at radius 3 is 2.50 bits per heavy atom. The van der Waals surface area contributed by atoms with E-state index in [1.54, 1.807) is 35.2 Å². The molecule has 10 heteroatoms. The van der Waals surface area contributed by atoms with Crippen LogP contribution in [0.4, 0.5) is 11.4 Å². The summed E-state index contributed by atoms with van der Waals surface area (Å²) < 4.78 is 40.0. The number of benzene rings is 2. The molecule has 2 N–H and O–H groups in total. The number of ether oxygens (including phenoxy) is 2. The van der Waals surface area contributed by atoms with Gasteiger partial charge in [-0.3, -0.25) is 9.59 Å². The van der Waals surface area contributed by atoms with Crippen molar-refractivity contribution in [3.63, 3.8) is 0 Å². The topological polar surface area (TPSA) is 114 Å². The second-order valence-electron chi connectivity index (χ2n) is 8.86. The number of carbonyl (C=O) groups excluding carboxylic acids is 2. The summed E-state index contributed by atoms with van der Waals surface area (Å²) in [5.74, 6) is 0.660. The molecule has 0 spiro atoms. The molecule has 1 atom stereocenters. The van der Waals surface area contributed by atoms with Gasteiger partial charge in [0.2, 0.25) is 21.8 Å². The Bertz CT molecular complexity index is 1210. The molecule has 2 aliphatic heterocycles. The summed E-state index contributed by atoms with van der Waals surface area (Å²) in [6, 6.07) is 8.77. The first-order chi connectivity index (χ1) is 16.1. The SMILES string of the molecule is CC(=O)N1CCc2cc(S(=O)(=O)N[C@@H](CC(C)C)C(=O)Nc3ccc4c(c3)OCCO4)ccc21. The van der Waals surface area contributed by atoms with Crippen LogP contribution in [0.25, 0.3) is 0 Å². The van der Waals surface area contributed by atoms with E-state index in [9.17, 15) is 18.0 Å². The van der Waals surface area contributed by atoms with Crippen molar-refractivity contribution in [3.8, 4) is 11.5 Å². The van der Waals surface area contributed by atoms with Gasteiger partial charge in [-0.05, 0) is 54.7 Å².